The predicted octanol–water partition coefficient (Wildman–Crippen LogP) is 2.50. The molecule has 4 bridgehead atoms. The fraction of sp³-hybridized carbons (Fsp3) is 1.00. The second-order valence-corrected chi connectivity index (χ2v) is 7.60. The van der Waals surface area contributed by atoms with Crippen molar-refractivity contribution in [2.75, 3.05) is 26.2 Å². The van der Waals surface area contributed by atoms with Crippen molar-refractivity contribution in [3.05, 3.63) is 0 Å². The first-order valence-corrected chi connectivity index (χ1v) is 8.31. The third kappa shape index (κ3) is 2.22. The Morgan fingerprint density at radius 3 is 2.44 bits per heavy atom. The van der Waals surface area contributed by atoms with Crippen molar-refractivity contribution < 1.29 is 0 Å². The van der Waals surface area contributed by atoms with Crippen LogP contribution in [0.4, 0.5) is 0 Å². The summed E-state index contributed by atoms with van der Waals surface area (Å²) in [4.78, 5) is 2.92. The Labute approximate surface area is 111 Å². The van der Waals surface area contributed by atoms with Gasteiger partial charge in [0.2, 0.25) is 0 Å². The summed E-state index contributed by atoms with van der Waals surface area (Å²) < 4.78 is 0. The van der Waals surface area contributed by atoms with Crippen LogP contribution in [-0.4, -0.2) is 37.1 Å². The van der Waals surface area contributed by atoms with Gasteiger partial charge in [0, 0.05) is 19.1 Å². The average Bonchev–Trinajstić information content (AvgIpc) is 2.55. The summed E-state index contributed by atoms with van der Waals surface area (Å²) in [7, 11) is 0. The molecule has 18 heavy (non-hydrogen) atoms. The normalized spacial score (nSPS) is 48.3. The SMILES string of the molecule is C1CNCC(CN2CC3CC4CC(C3)CC2C4)C1. The molecule has 0 aromatic carbocycles. The summed E-state index contributed by atoms with van der Waals surface area (Å²) in [5.41, 5.74) is 0. The monoisotopic (exact) mass is 248 g/mol. The highest BCUT2D eigenvalue weighted by Gasteiger charge is 2.42. The predicted molar refractivity (Wildman–Crippen MR) is 74.5 cm³/mol. The van der Waals surface area contributed by atoms with E-state index in [-0.39, 0.29) is 0 Å². The van der Waals surface area contributed by atoms with Crippen LogP contribution in [0.1, 0.15) is 44.9 Å². The van der Waals surface area contributed by atoms with Gasteiger partial charge in [0.25, 0.3) is 0 Å². The fourth-order valence-corrected chi connectivity index (χ4v) is 5.52. The minimum Gasteiger partial charge on any atom is -0.316 e. The van der Waals surface area contributed by atoms with Crippen molar-refractivity contribution in [1.29, 1.82) is 0 Å². The van der Waals surface area contributed by atoms with E-state index in [0.29, 0.717) is 0 Å². The van der Waals surface area contributed by atoms with E-state index in [0.717, 1.165) is 29.7 Å². The molecule has 5 rings (SSSR count). The van der Waals surface area contributed by atoms with Crippen LogP contribution in [0.3, 0.4) is 0 Å². The van der Waals surface area contributed by atoms with Gasteiger partial charge in [-0.05, 0) is 81.7 Å². The first kappa shape index (κ1) is 11.7. The van der Waals surface area contributed by atoms with E-state index in [2.05, 4.69) is 10.2 Å². The topological polar surface area (TPSA) is 15.3 Å². The summed E-state index contributed by atoms with van der Waals surface area (Å²) in [5, 5.41) is 3.59. The molecule has 0 aromatic heterocycles. The molecule has 3 aliphatic heterocycles. The molecule has 102 valence electrons. The van der Waals surface area contributed by atoms with Crippen LogP contribution in [-0.2, 0) is 0 Å². The van der Waals surface area contributed by atoms with E-state index in [9.17, 15) is 0 Å². The first-order valence-electron chi connectivity index (χ1n) is 8.31. The molecule has 2 saturated carbocycles. The van der Waals surface area contributed by atoms with Crippen molar-refractivity contribution >= 4 is 0 Å². The lowest BCUT2D eigenvalue weighted by Crippen LogP contribution is -2.44. The molecule has 3 unspecified atom stereocenters. The van der Waals surface area contributed by atoms with Gasteiger partial charge < -0.3 is 5.32 Å². The van der Waals surface area contributed by atoms with Crippen LogP contribution in [0.2, 0.25) is 0 Å². The Morgan fingerprint density at radius 1 is 0.944 bits per heavy atom. The molecule has 3 heterocycles. The van der Waals surface area contributed by atoms with Crippen molar-refractivity contribution in [2.45, 2.75) is 51.0 Å². The largest absolute Gasteiger partial charge is 0.316 e. The summed E-state index contributed by atoms with van der Waals surface area (Å²) in [5.74, 6) is 4.19. The van der Waals surface area contributed by atoms with E-state index < -0.39 is 0 Å². The molecular formula is C16H28N2. The average molecular weight is 248 g/mol. The molecule has 0 aromatic rings. The van der Waals surface area contributed by atoms with Gasteiger partial charge >= 0.3 is 0 Å². The molecule has 2 heteroatoms. The highest BCUT2D eigenvalue weighted by molar-refractivity contribution is 4.96. The van der Waals surface area contributed by atoms with Gasteiger partial charge in [-0.1, -0.05) is 0 Å². The molecule has 5 fully saturated rings. The number of rotatable bonds is 2. The van der Waals surface area contributed by atoms with Crippen molar-refractivity contribution in [3.63, 3.8) is 0 Å². The molecule has 2 aliphatic carbocycles. The Kier molecular flexibility index (Phi) is 3.12. The van der Waals surface area contributed by atoms with Crippen LogP contribution >= 0.6 is 0 Å². The van der Waals surface area contributed by atoms with Gasteiger partial charge in [0.05, 0.1) is 0 Å². The highest BCUT2D eigenvalue weighted by Crippen LogP contribution is 2.47. The van der Waals surface area contributed by atoms with Crippen molar-refractivity contribution in [3.8, 4) is 0 Å². The van der Waals surface area contributed by atoms with Crippen LogP contribution < -0.4 is 5.32 Å². The van der Waals surface area contributed by atoms with Gasteiger partial charge in [0.1, 0.15) is 0 Å². The van der Waals surface area contributed by atoms with Gasteiger partial charge in [0.15, 0.2) is 0 Å². The Bertz CT molecular complexity index is 283. The second kappa shape index (κ2) is 4.79. The minimum absolute atomic E-state index is 0.939. The number of nitrogens with one attached hydrogen (secondary N) is 1. The number of fused-ring (bicyclic) bond motifs is 1. The molecular weight excluding hydrogens is 220 g/mol. The van der Waals surface area contributed by atoms with Gasteiger partial charge in [-0.3, -0.25) is 4.90 Å². The van der Waals surface area contributed by atoms with Crippen LogP contribution in [0, 0.1) is 23.7 Å². The first-order chi connectivity index (χ1) is 8.87. The number of hydrogen-bond acceptors (Lipinski definition) is 2. The summed E-state index contributed by atoms with van der Waals surface area (Å²) >= 11 is 0. The van der Waals surface area contributed by atoms with Crippen molar-refractivity contribution in [2.24, 2.45) is 23.7 Å². The zero-order valence-corrected chi connectivity index (χ0v) is 11.6. The molecule has 5 aliphatic rings. The van der Waals surface area contributed by atoms with Gasteiger partial charge in [-0.2, -0.15) is 0 Å². The van der Waals surface area contributed by atoms with Crippen LogP contribution in [0.15, 0.2) is 0 Å². The van der Waals surface area contributed by atoms with E-state index in [1.165, 1.54) is 51.9 Å². The summed E-state index contributed by atoms with van der Waals surface area (Å²) in [6, 6.07) is 0.961. The zero-order chi connectivity index (χ0) is 11.9. The van der Waals surface area contributed by atoms with E-state index in [1.807, 2.05) is 0 Å². The second-order valence-electron chi connectivity index (χ2n) is 7.60. The fourth-order valence-electron chi connectivity index (χ4n) is 5.52. The van der Waals surface area contributed by atoms with Crippen molar-refractivity contribution in [1.82, 2.24) is 10.2 Å². The molecule has 0 radical (unpaired) electrons. The maximum Gasteiger partial charge on any atom is 0.0101 e. The third-order valence-corrected chi connectivity index (χ3v) is 6.11. The maximum atomic E-state index is 3.59. The zero-order valence-electron chi connectivity index (χ0n) is 11.6. The minimum atomic E-state index is 0.939. The third-order valence-electron chi connectivity index (χ3n) is 6.11. The molecule has 3 atom stereocenters. The molecule has 1 N–H and O–H groups in total. The lowest BCUT2D eigenvalue weighted by molar-refractivity contribution is 0.111. The number of piperidine rings is 1. The van der Waals surface area contributed by atoms with E-state index >= 15 is 0 Å². The molecule has 2 nitrogen and oxygen atoms in total. The smallest absolute Gasteiger partial charge is 0.0101 e. The van der Waals surface area contributed by atoms with E-state index in [1.54, 1.807) is 19.3 Å². The maximum absolute atomic E-state index is 3.59. The highest BCUT2D eigenvalue weighted by atomic mass is 15.2. The lowest BCUT2D eigenvalue weighted by Gasteiger charge is -2.40. The lowest BCUT2D eigenvalue weighted by atomic mass is 9.68. The van der Waals surface area contributed by atoms with Gasteiger partial charge in [-0.25, -0.2) is 0 Å². The quantitative estimate of drug-likeness (QED) is 0.808. The Balaban J connectivity index is 1.44. The Hall–Kier alpha value is -0.0800. The van der Waals surface area contributed by atoms with E-state index in [4.69, 9.17) is 0 Å². The standard InChI is InChI=1S/C16H28N2/c1-2-12(9-17-3-1)10-18-11-15-5-13-4-14(6-15)8-16(18)7-13/h12-17H,1-11H2. The summed E-state index contributed by atoms with van der Waals surface area (Å²) in [6.45, 7) is 5.37. The molecule has 0 amide bonds. The number of hydrogen-bond donors (Lipinski definition) is 1. The van der Waals surface area contributed by atoms with Crippen LogP contribution in [0.5, 0.6) is 0 Å². The molecule has 0 spiro atoms. The summed E-state index contributed by atoms with van der Waals surface area (Å²) in [6.07, 6.45) is 10.6. The number of nitrogens with zero attached hydrogens (tertiary/aromatic N) is 1. The van der Waals surface area contributed by atoms with Gasteiger partial charge in [-0.15, -0.1) is 0 Å². The van der Waals surface area contributed by atoms with Crippen LogP contribution in [0.25, 0.3) is 0 Å². The molecule has 3 saturated heterocycles. The Morgan fingerprint density at radius 2 is 1.72 bits per heavy atom.